The van der Waals surface area contributed by atoms with Gasteiger partial charge >= 0.3 is 5.97 Å². The smallest absolute Gasteiger partial charge is 0.337 e. The van der Waals surface area contributed by atoms with Gasteiger partial charge in [0.1, 0.15) is 0 Å². The number of para-hydroxylation sites is 1. The van der Waals surface area contributed by atoms with E-state index in [1.165, 1.54) is 12.8 Å². The number of rotatable bonds is 4. The highest BCUT2D eigenvalue weighted by molar-refractivity contribution is 5.95. The fourth-order valence-corrected chi connectivity index (χ4v) is 2.54. The van der Waals surface area contributed by atoms with Gasteiger partial charge in [0.05, 0.1) is 11.3 Å². The molecule has 0 saturated carbocycles. The number of likely N-dealkylation sites (tertiary alicyclic amines) is 1. The van der Waals surface area contributed by atoms with Crippen molar-refractivity contribution in [1.82, 2.24) is 4.90 Å². The molecule has 2 rings (SSSR count). The minimum atomic E-state index is -0.874. The second-order valence-electron chi connectivity index (χ2n) is 4.96. The van der Waals surface area contributed by atoms with Crippen LogP contribution < -0.4 is 5.32 Å². The first kappa shape index (κ1) is 12.9. The molecule has 0 radical (unpaired) electrons. The number of carboxylic acids is 1. The van der Waals surface area contributed by atoms with Crippen molar-refractivity contribution in [3.63, 3.8) is 0 Å². The number of hydrogen-bond donors (Lipinski definition) is 2. The molecule has 1 heterocycles. The standard InChI is InChI=1S/C14H20N2O2/c1-10-5-3-7-12(14(17)18)13(10)15-9-11-6-4-8-16(11)2/h3,5,7,11,15H,4,6,8-9H2,1-2H3,(H,17,18). The Kier molecular flexibility index (Phi) is 3.87. The van der Waals surface area contributed by atoms with Crippen LogP contribution in [-0.4, -0.2) is 42.2 Å². The molecule has 98 valence electrons. The van der Waals surface area contributed by atoms with Crippen LogP contribution in [0.1, 0.15) is 28.8 Å². The summed E-state index contributed by atoms with van der Waals surface area (Å²) < 4.78 is 0. The average molecular weight is 248 g/mol. The molecule has 2 N–H and O–H groups in total. The molecule has 1 aliphatic rings. The van der Waals surface area contributed by atoms with Gasteiger partial charge in [-0.05, 0) is 45.0 Å². The summed E-state index contributed by atoms with van der Waals surface area (Å²) in [4.78, 5) is 13.5. The third kappa shape index (κ3) is 2.64. The van der Waals surface area contributed by atoms with Gasteiger partial charge in [-0.25, -0.2) is 4.79 Å². The van der Waals surface area contributed by atoms with Crippen LogP contribution in [0.5, 0.6) is 0 Å². The van der Waals surface area contributed by atoms with Crippen molar-refractivity contribution in [3.8, 4) is 0 Å². The van der Waals surface area contributed by atoms with Crippen molar-refractivity contribution in [2.75, 3.05) is 25.5 Å². The molecule has 1 atom stereocenters. The highest BCUT2D eigenvalue weighted by Crippen LogP contribution is 2.22. The van der Waals surface area contributed by atoms with E-state index >= 15 is 0 Å². The van der Waals surface area contributed by atoms with Crippen molar-refractivity contribution in [2.45, 2.75) is 25.8 Å². The molecule has 18 heavy (non-hydrogen) atoms. The Morgan fingerprint density at radius 2 is 2.33 bits per heavy atom. The number of anilines is 1. The van der Waals surface area contributed by atoms with E-state index in [0.29, 0.717) is 11.6 Å². The van der Waals surface area contributed by atoms with Crippen molar-refractivity contribution in [3.05, 3.63) is 29.3 Å². The molecule has 4 nitrogen and oxygen atoms in total. The molecule has 0 bridgehead atoms. The van der Waals surface area contributed by atoms with Crippen LogP contribution in [0.25, 0.3) is 0 Å². The van der Waals surface area contributed by atoms with Gasteiger partial charge in [0, 0.05) is 12.6 Å². The zero-order valence-corrected chi connectivity index (χ0v) is 10.9. The number of nitrogens with zero attached hydrogens (tertiary/aromatic N) is 1. The second kappa shape index (κ2) is 5.40. The maximum atomic E-state index is 11.2. The molecule has 1 aromatic carbocycles. The van der Waals surface area contributed by atoms with E-state index in [2.05, 4.69) is 17.3 Å². The van der Waals surface area contributed by atoms with Crippen LogP contribution in [0.15, 0.2) is 18.2 Å². The van der Waals surface area contributed by atoms with Gasteiger partial charge in [-0.3, -0.25) is 0 Å². The van der Waals surface area contributed by atoms with E-state index in [1.807, 2.05) is 13.0 Å². The van der Waals surface area contributed by atoms with Crippen LogP contribution >= 0.6 is 0 Å². The minimum Gasteiger partial charge on any atom is -0.478 e. The van der Waals surface area contributed by atoms with E-state index in [9.17, 15) is 9.90 Å². The zero-order chi connectivity index (χ0) is 13.1. The minimum absolute atomic E-state index is 0.357. The molecule has 0 aliphatic carbocycles. The van der Waals surface area contributed by atoms with Gasteiger partial charge in [-0.15, -0.1) is 0 Å². The summed E-state index contributed by atoms with van der Waals surface area (Å²) >= 11 is 0. The molecule has 1 saturated heterocycles. The average Bonchev–Trinajstić information content (AvgIpc) is 2.73. The molecule has 0 aromatic heterocycles. The van der Waals surface area contributed by atoms with E-state index in [1.54, 1.807) is 12.1 Å². The predicted octanol–water partition coefficient (Wildman–Crippen LogP) is 2.20. The highest BCUT2D eigenvalue weighted by atomic mass is 16.4. The monoisotopic (exact) mass is 248 g/mol. The van der Waals surface area contributed by atoms with Gasteiger partial charge in [0.2, 0.25) is 0 Å². The summed E-state index contributed by atoms with van der Waals surface area (Å²) in [5, 5.41) is 12.5. The van der Waals surface area contributed by atoms with Gasteiger partial charge in [0.25, 0.3) is 0 Å². The SMILES string of the molecule is Cc1cccc(C(=O)O)c1NCC1CCCN1C. The van der Waals surface area contributed by atoms with E-state index in [0.717, 1.165) is 24.3 Å². The normalized spacial score (nSPS) is 20.0. The van der Waals surface area contributed by atoms with Crippen LogP contribution in [0.4, 0.5) is 5.69 Å². The highest BCUT2D eigenvalue weighted by Gasteiger charge is 2.21. The summed E-state index contributed by atoms with van der Waals surface area (Å²) in [6.45, 7) is 3.88. The fraction of sp³-hybridized carbons (Fsp3) is 0.500. The number of aryl methyl sites for hydroxylation is 1. The number of nitrogens with one attached hydrogen (secondary N) is 1. The number of hydrogen-bond acceptors (Lipinski definition) is 3. The summed E-state index contributed by atoms with van der Waals surface area (Å²) in [5.41, 5.74) is 2.09. The Morgan fingerprint density at radius 1 is 1.56 bits per heavy atom. The predicted molar refractivity (Wildman–Crippen MR) is 72.3 cm³/mol. The quantitative estimate of drug-likeness (QED) is 0.857. The van der Waals surface area contributed by atoms with Gasteiger partial charge in [-0.1, -0.05) is 12.1 Å². The van der Waals surface area contributed by atoms with E-state index in [4.69, 9.17) is 0 Å². The lowest BCUT2D eigenvalue weighted by atomic mass is 10.1. The van der Waals surface area contributed by atoms with E-state index < -0.39 is 5.97 Å². The summed E-state index contributed by atoms with van der Waals surface area (Å²) in [6, 6.07) is 5.88. The number of aromatic carboxylic acids is 1. The van der Waals surface area contributed by atoms with Crippen LogP contribution in [-0.2, 0) is 0 Å². The Labute approximate surface area is 108 Å². The first-order chi connectivity index (χ1) is 8.59. The number of carbonyl (C=O) groups is 1. The molecule has 4 heteroatoms. The summed E-state index contributed by atoms with van der Waals surface area (Å²) in [5.74, 6) is -0.874. The molecular weight excluding hydrogens is 228 g/mol. The second-order valence-corrected chi connectivity index (χ2v) is 4.96. The number of benzene rings is 1. The number of carboxylic acid groups (broad SMARTS) is 1. The molecule has 1 unspecified atom stereocenters. The maximum absolute atomic E-state index is 11.2. The first-order valence-corrected chi connectivity index (χ1v) is 6.36. The molecule has 0 spiro atoms. The Balaban J connectivity index is 2.11. The Morgan fingerprint density at radius 3 is 2.94 bits per heavy atom. The molecule has 1 aromatic rings. The lowest BCUT2D eigenvalue weighted by Gasteiger charge is -2.21. The van der Waals surface area contributed by atoms with Crippen molar-refractivity contribution >= 4 is 11.7 Å². The van der Waals surface area contributed by atoms with E-state index in [-0.39, 0.29) is 0 Å². The molecule has 1 aliphatic heterocycles. The molecule has 0 amide bonds. The van der Waals surface area contributed by atoms with Gasteiger partial charge in [-0.2, -0.15) is 0 Å². The zero-order valence-electron chi connectivity index (χ0n) is 10.9. The molecule has 1 fully saturated rings. The Bertz CT molecular complexity index is 445. The summed E-state index contributed by atoms with van der Waals surface area (Å²) in [6.07, 6.45) is 2.40. The van der Waals surface area contributed by atoms with Gasteiger partial charge < -0.3 is 15.3 Å². The lowest BCUT2D eigenvalue weighted by Crippen LogP contribution is -2.32. The third-order valence-electron chi connectivity index (χ3n) is 3.69. The molecular formula is C14H20N2O2. The van der Waals surface area contributed by atoms with Gasteiger partial charge in [0.15, 0.2) is 0 Å². The van der Waals surface area contributed by atoms with Crippen molar-refractivity contribution in [1.29, 1.82) is 0 Å². The fourth-order valence-electron chi connectivity index (χ4n) is 2.54. The summed E-state index contributed by atoms with van der Waals surface area (Å²) in [7, 11) is 2.12. The Hall–Kier alpha value is -1.55. The first-order valence-electron chi connectivity index (χ1n) is 6.36. The topological polar surface area (TPSA) is 52.6 Å². The maximum Gasteiger partial charge on any atom is 0.337 e. The number of likely N-dealkylation sites (N-methyl/N-ethyl adjacent to an activating group) is 1. The van der Waals surface area contributed by atoms with Crippen molar-refractivity contribution in [2.24, 2.45) is 0 Å². The third-order valence-corrected chi connectivity index (χ3v) is 3.69. The van der Waals surface area contributed by atoms with Crippen molar-refractivity contribution < 1.29 is 9.90 Å². The van der Waals surface area contributed by atoms with Crippen LogP contribution in [0, 0.1) is 6.92 Å². The van der Waals surface area contributed by atoms with Crippen LogP contribution in [0.3, 0.4) is 0 Å². The lowest BCUT2D eigenvalue weighted by molar-refractivity contribution is 0.0698. The largest absolute Gasteiger partial charge is 0.478 e. The van der Waals surface area contributed by atoms with Crippen LogP contribution in [0.2, 0.25) is 0 Å².